The summed E-state index contributed by atoms with van der Waals surface area (Å²) in [6.07, 6.45) is 1.60. The number of rotatable bonds is 7. The van der Waals surface area contributed by atoms with Crippen LogP contribution in [0, 0.1) is 12.8 Å². The van der Waals surface area contributed by atoms with Gasteiger partial charge in [0.1, 0.15) is 22.9 Å². The topological polar surface area (TPSA) is 97.2 Å². The van der Waals surface area contributed by atoms with E-state index in [0.29, 0.717) is 29.5 Å². The Morgan fingerprint density at radius 1 is 1.32 bits per heavy atom. The van der Waals surface area contributed by atoms with Crippen LogP contribution in [0.5, 0.6) is 5.75 Å². The second kappa shape index (κ2) is 8.29. The Morgan fingerprint density at radius 2 is 2.11 bits per heavy atom. The second-order valence-electron chi connectivity index (χ2n) is 7.24. The molecule has 0 radical (unpaired) electrons. The lowest BCUT2D eigenvalue weighted by molar-refractivity contribution is 0.0945. The lowest BCUT2D eigenvalue weighted by Gasteiger charge is -2.08. The fraction of sp³-hybridized carbons (Fsp3) is 0.381. The predicted molar refractivity (Wildman–Crippen MR) is 107 cm³/mol. The van der Waals surface area contributed by atoms with Gasteiger partial charge in [-0.25, -0.2) is 9.78 Å². The van der Waals surface area contributed by atoms with Crippen LogP contribution in [-0.4, -0.2) is 23.0 Å². The molecule has 3 rings (SSSR count). The molecule has 2 N–H and O–H groups in total. The molecule has 3 aromatic rings. The number of amides is 1. The molecule has 0 aliphatic rings. The highest BCUT2D eigenvalue weighted by atomic mass is 16.5. The minimum Gasteiger partial charge on any atom is -0.497 e. The maximum Gasteiger partial charge on any atom is 0.349 e. The maximum absolute atomic E-state index is 12.5. The first-order valence-electron chi connectivity index (χ1n) is 9.32. The van der Waals surface area contributed by atoms with Crippen molar-refractivity contribution in [3.8, 4) is 5.75 Å². The number of carbonyl (C=O) groups excluding carboxylic acids is 1. The monoisotopic (exact) mass is 383 g/mol. The number of nitrogens with one attached hydrogen (secondary N) is 2. The summed E-state index contributed by atoms with van der Waals surface area (Å²) < 4.78 is 10.5. The third-order valence-electron chi connectivity index (χ3n) is 4.55. The molecule has 148 valence electrons. The molecular formula is C21H25N3O4. The first-order chi connectivity index (χ1) is 13.4. The molecule has 0 spiro atoms. The predicted octanol–water partition coefficient (Wildman–Crippen LogP) is 3.35. The molecule has 0 bridgehead atoms. The second-order valence-corrected chi connectivity index (χ2v) is 7.24. The molecule has 0 unspecified atom stereocenters. The van der Waals surface area contributed by atoms with Gasteiger partial charge in [-0.15, -0.1) is 0 Å². The Kier molecular flexibility index (Phi) is 5.82. The van der Waals surface area contributed by atoms with E-state index in [1.807, 2.05) is 18.2 Å². The number of methoxy groups -OCH3 is 1. The molecule has 1 aromatic carbocycles. The van der Waals surface area contributed by atoms with Crippen molar-refractivity contribution < 1.29 is 13.9 Å². The molecule has 7 heteroatoms. The molecule has 0 aliphatic carbocycles. The molecule has 7 nitrogen and oxygen atoms in total. The standard InChI is InChI=1S/C21H25N3O4/c1-12(2)5-6-15-9-13(3)19(21(26)28-15)20(25)22-11-18-23-16-8-7-14(27-4)10-17(16)24-18/h7-10,12H,5-6,11H2,1-4H3,(H,22,25)(H,23,24). The first kappa shape index (κ1) is 19.7. The van der Waals surface area contributed by atoms with E-state index < -0.39 is 11.5 Å². The van der Waals surface area contributed by atoms with Crippen LogP contribution in [0.1, 0.15) is 47.8 Å². The number of aromatic amines is 1. The van der Waals surface area contributed by atoms with E-state index in [-0.39, 0.29) is 12.1 Å². The highest BCUT2D eigenvalue weighted by Crippen LogP contribution is 2.18. The minimum absolute atomic E-state index is 0.0334. The van der Waals surface area contributed by atoms with E-state index in [9.17, 15) is 9.59 Å². The molecule has 0 fully saturated rings. The van der Waals surface area contributed by atoms with Gasteiger partial charge in [0, 0.05) is 12.5 Å². The van der Waals surface area contributed by atoms with E-state index in [2.05, 4.69) is 29.1 Å². The summed E-state index contributed by atoms with van der Waals surface area (Å²) in [5.41, 5.74) is 1.63. The number of H-pyrrole nitrogens is 1. The van der Waals surface area contributed by atoms with Gasteiger partial charge in [-0.3, -0.25) is 4.79 Å². The molecule has 0 aliphatic heterocycles. The third-order valence-corrected chi connectivity index (χ3v) is 4.55. The summed E-state index contributed by atoms with van der Waals surface area (Å²) >= 11 is 0. The van der Waals surface area contributed by atoms with Crippen molar-refractivity contribution in [3.05, 3.63) is 57.4 Å². The van der Waals surface area contributed by atoms with Gasteiger partial charge < -0.3 is 19.5 Å². The van der Waals surface area contributed by atoms with Crippen LogP contribution < -0.4 is 15.7 Å². The van der Waals surface area contributed by atoms with Gasteiger partial charge in [0.25, 0.3) is 5.91 Å². The summed E-state index contributed by atoms with van der Waals surface area (Å²) in [5.74, 6) is 1.96. The fourth-order valence-corrected chi connectivity index (χ4v) is 3.00. The fourth-order valence-electron chi connectivity index (χ4n) is 3.00. The van der Waals surface area contributed by atoms with Gasteiger partial charge in [0.2, 0.25) is 0 Å². The highest BCUT2D eigenvalue weighted by molar-refractivity contribution is 5.95. The number of nitrogens with zero attached hydrogens (tertiary/aromatic N) is 1. The molecule has 0 saturated heterocycles. The van der Waals surface area contributed by atoms with Crippen LogP contribution in [0.15, 0.2) is 33.5 Å². The van der Waals surface area contributed by atoms with Crippen LogP contribution >= 0.6 is 0 Å². The number of aryl methyl sites for hydroxylation is 2. The van der Waals surface area contributed by atoms with E-state index in [1.54, 1.807) is 20.1 Å². The van der Waals surface area contributed by atoms with Crippen LogP contribution in [0.4, 0.5) is 0 Å². The molecule has 2 aromatic heterocycles. The van der Waals surface area contributed by atoms with Crippen molar-refractivity contribution in [2.24, 2.45) is 5.92 Å². The lowest BCUT2D eigenvalue weighted by atomic mass is 10.0. The zero-order valence-corrected chi connectivity index (χ0v) is 16.6. The molecule has 0 atom stereocenters. The Labute approximate surface area is 163 Å². The number of hydrogen-bond acceptors (Lipinski definition) is 5. The van der Waals surface area contributed by atoms with Crippen molar-refractivity contribution >= 4 is 16.9 Å². The Morgan fingerprint density at radius 3 is 2.79 bits per heavy atom. The number of carbonyl (C=O) groups is 1. The van der Waals surface area contributed by atoms with E-state index in [4.69, 9.17) is 9.15 Å². The number of imidazole rings is 1. The zero-order chi connectivity index (χ0) is 20.3. The maximum atomic E-state index is 12.5. The van der Waals surface area contributed by atoms with Crippen LogP contribution in [0.25, 0.3) is 11.0 Å². The number of ether oxygens (including phenoxy) is 1. The van der Waals surface area contributed by atoms with Gasteiger partial charge in [-0.2, -0.15) is 0 Å². The Hall–Kier alpha value is -3.09. The van der Waals surface area contributed by atoms with Crippen LogP contribution in [0.2, 0.25) is 0 Å². The molecule has 1 amide bonds. The van der Waals surface area contributed by atoms with Gasteiger partial charge in [0.05, 0.1) is 24.7 Å². The van der Waals surface area contributed by atoms with Crippen molar-refractivity contribution in [1.29, 1.82) is 0 Å². The molecule has 28 heavy (non-hydrogen) atoms. The largest absolute Gasteiger partial charge is 0.497 e. The Bertz CT molecular complexity index is 1050. The summed E-state index contributed by atoms with van der Waals surface area (Å²) in [7, 11) is 1.60. The van der Waals surface area contributed by atoms with Gasteiger partial charge in [-0.05, 0) is 43.0 Å². The minimum atomic E-state index is -0.606. The van der Waals surface area contributed by atoms with Crippen molar-refractivity contribution in [2.45, 2.75) is 40.2 Å². The average molecular weight is 383 g/mol. The number of aromatic nitrogens is 2. The number of fused-ring (bicyclic) bond motifs is 1. The van der Waals surface area contributed by atoms with Gasteiger partial charge in [-0.1, -0.05) is 13.8 Å². The normalized spacial score (nSPS) is 11.2. The Balaban J connectivity index is 1.71. The van der Waals surface area contributed by atoms with Crippen molar-refractivity contribution in [3.63, 3.8) is 0 Å². The van der Waals surface area contributed by atoms with E-state index in [1.165, 1.54) is 0 Å². The molecule has 2 heterocycles. The van der Waals surface area contributed by atoms with Crippen molar-refractivity contribution in [2.75, 3.05) is 7.11 Å². The third kappa shape index (κ3) is 4.42. The van der Waals surface area contributed by atoms with E-state index >= 15 is 0 Å². The quantitative estimate of drug-likeness (QED) is 0.652. The molecule has 0 saturated carbocycles. The number of benzene rings is 1. The average Bonchev–Trinajstić information content (AvgIpc) is 3.06. The molecular weight excluding hydrogens is 358 g/mol. The van der Waals surface area contributed by atoms with Gasteiger partial charge >= 0.3 is 5.63 Å². The van der Waals surface area contributed by atoms with Crippen LogP contribution in [-0.2, 0) is 13.0 Å². The SMILES string of the molecule is COc1ccc2nc(CNC(=O)c3c(C)cc(CCC(C)C)oc3=O)[nH]c2c1. The highest BCUT2D eigenvalue weighted by Gasteiger charge is 2.17. The summed E-state index contributed by atoms with van der Waals surface area (Å²) in [5, 5.41) is 2.73. The summed E-state index contributed by atoms with van der Waals surface area (Å²) in [6.45, 7) is 6.14. The summed E-state index contributed by atoms with van der Waals surface area (Å²) in [4.78, 5) is 32.4. The first-order valence-corrected chi connectivity index (χ1v) is 9.32. The summed E-state index contributed by atoms with van der Waals surface area (Å²) in [6, 6.07) is 7.26. The van der Waals surface area contributed by atoms with E-state index in [0.717, 1.165) is 23.2 Å². The number of hydrogen-bond donors (Lipinski definition) is 2. The van der Waals surface area contributed by atoms with Crippen molar-refractivity contribution in [1.82, 2.24) is 15.3 Å². The van der Waals surface area contributed by atoms with Gasteiger partial charge in [0.15, 0.2) is 0 Å². The smallest absolute Gasteiger partial charge is 0.349 e. The lowest BCUT2D eigenvalue weighted by Crippen LogP contribution is -2.29. The zero-order valence-electron chi connectivity index (χ0n) is 16.6. The van der Waals surface area contributed by atoms with Crippen LogP contribution in [0.3, 0.4) is 0 Å².